The van der Waals surface area contributed by atoms with Crippen LogP contribution in [0.15, 0.2) is 36.5 Å². The van der Waals surface area contributed by atoms with Crippen LogP contribution in [0.3, 0.4) is 0 Å². The fraction of sp³-hybridized carbons (Fsp3) is 0.381. The van der Waals surface area contributed by atoms with Crippen LogP contribution in [0.5, 0.6) is 11.5 Å². The molecule has 7 nitrogen and oxygen atoms in total. The Morgan fingerprint density at radius 2 is 2.07 bits per heavy atom. The van der Waals surface area contributed by atoms with E-state index in [9.17, 15) is 4.79 Å². The molecule has 1 aromatic carbocycles. The molecule has 1 atom stereocenters. The molecule has 3 aromatic rings. The smallest absolute Gasteiger partial charge is 0.255 e. The van der Waals surface area contributed by atoms with Gasteiger partial charge in [-0.2, -0.15) is 5.10 Å². The Labute approximate surface area is 163 Å². The lowest BCUT2D eigenvalue weighted by molar-refractivity contribution is 0.0520. The molecule has 0 N–H and O–H groups in total. The number of hydrogen-bond acceptors (Lipinski definition) is 5. The largest absolute Gasteiger partial charge is 0.486 e. The molecule has 28 heavy (non-hydrogen) atoms. The standard InChI is InChI=1S/C21H24N4O3/c1-13(2)25-20-15(10-22-25)9-17(14(3)23-20)21(26)24(4)11-16-12-27-18-7-5-6-8-19(18)28-16/h5-10,13,16H,11-12H2,1-4H3/t16-/m0/s1. The van der Waals surface area contributed by atoms with Crippen molar-refractivity contribution in [3.8, 4) is 11.5 Å². The van der Waals surface area contributed by atoms with Gasteiger partial charge in [-0.25, -0.2) is 9.67 Å². The summed E-state index contributed by atoms with van der Waals surface area (Å²) in [4.78, 5) is 19.3. The van der Waals surface area contributed by atoms with E-state index in [1.54, 1.807) is 18.1 Å². The number of hydrogen-bond donors (Lipinski definition) is 0. The predicted octanol–water partition coefficient (Wildman–Crippen LogP) is 3.23. The zero-order valence-corrected chi connectivity index (χ0v) is 16.5. The number of ether oxygens (including phenoxy) is 2. The van der Waals surface area contributed by atoms with Crippen LogP contribution in [0.1, 0.15) is 35.9 Å². The van der Waals surface area contributed by atoms with Crippen LogP contribution in [0.25, 0.3) is 11.0 Å². The van der Waals surface area contributed by atoms with Crippen molar-refractivity contribution in [2.75, 3.05) is 20.2 Å². The monoisotopic (exact) mass is 380 g/mol. The van der Waals surface area contributed by atoms with E-state index in [1.165, 1.54) is 0 Å². The summed E-state index contributed by atoms with van der Waals surface area (Å²) in [7, 11) is 1.77. The highest BCUT2D eigenvalue weighted by molar-refractivity contribution is 5.98. The Kier molecular flexibility index (Phi) is 4.66. The van der Waals surface area contributed by atoms with Crippen LogP contribution in [-0.4, -0.2) is 51.9 Å². The predicted molar refractivity (Wildman–Crippen MR) is 106 cm³/mol. The number of fused-ring (bicyclic) bond motifs is 2. The number of aryl methyl sites for hydroxylation is 1. The first kappa shape index (κ1) is 18.3. The van der Waals surface area contributed by atoms with Crippen molar-refractivity contribution in [1.29, 1.82) is 0 Å². The van der Waals surface area contributed by atoms with Gasteiger partial charge in [0.1, 0.15) is 6.61 Å². The van der Waals surface area contributed by atoms with E-state index < -0.39 is 0 Å². The van der Waals surface area contributed by atoms with Crippen molar-refractivity contribution in [1.82, 2.24) is 19.7 Å². The van der Waals surface area contributed by atoms with E-state index >= 15 is 0 Å². The van der Waals surface area contributed by atoms with Crippen LogP contribution in [0.2, 0.25) is 0 Å². The molecule has 0 saturated carbocycles. The van der Waals surface area contributed by atoms with Crippen LogP contribution in [0.4, 0.5) is 0 Å². The van der Waals surface area contributed by atoms with E-state index in [2.05, 4.69) is 23.9 Å². The molecule has 0 saturated heterocycles. The molecule has 1 amide bonds. The van der Waals surface area contributed by atoms with Crippen molar-refractivity contribution < 1.29 is 14.3 Å². The van der Waals surface area contributed by atoms with Crippen molar-refractivity contribution >= 4 is 16.9 Å². The second-order valence-corrected chi connectivity index (χ2v) is 7.40. The molecule has 0 aliphatic carbocycles. The lowest BCUT2D eigenvalue weighted by Crippen LogP contribution is -2.42. The van der Waals surface area contributed by atoms with Gasteiger partial charge in [0.05, 0.1) is 24.0 Å². The summed E-state index contributed by atoms with van der Waals surface area (Å²) in [6.07, 6.45) is 1.54. The lowest BCUT2D eigenvalue weighted by Gasteiger charge is -2.29. The number of benzene rings is 1. The molecule has 3 heterocycles. The molecular formula is C21H24N4O3. The van der Waals surface area contributed by atoms with Gasteiger partial charge in [-0.15, -0.1) is 0 Å². The normalized spacial score (nSPS) is 15.8. The summed E-state index contributed by atoms with van der Waals surface area (Å²) in [5.41, 5.74) is 2.07. The highest BCUT2D eigenvalue weighted by atomic mass is 16.6. The van der Waals surface area contributed by atoms with E-state index in [-0.39, 0.29) is 18.1 Å². The number of likely N-dealkylation sites (N-methyl/N-ethyl adjacent to an activating group) is 1. The molecule has 0 spiro atoms. The number of para-hydroxylation sites is 2. The van der Waals surface area contributed by atoms with Crippen LogP contribution in [0, 0.1) is 6.92 Å². The fourth-order valence-corrected chi connectivity index (χ4v) is 3.41. The maximum absolute atomic E-state index is 13.0. The van der Waals surface area contributed by atoms with Crippen LogP contribution < -0.4 is 9.47 Å². The Balaban J connectivity index is 1.52. The summed E-state index contributed by atoms with van der Waals surface area (Å²) in [6.45, 7) is 6.80. The van der Waals surface area contributed by atoms with Gasteiger partial charge in [-0.3, -0.25) is 4.79 Å². The minimum atomic E-state index is -0.218. The minimum Gasteiger partial charge on any atom is -0.486 e. The Morgan fingerprint density at radius 1 is 1.32 bits per heavy atom. The van der Waals surface area contributed by atoms with Crippen molar-refractivity contribution in [2.24, 2.45) is 0 Å². The van der Waals surface area contributed by atoms with Crippen LogP contribution in [-0.2, 0) is 0 Å². The molecule has 7 heteroatoms. The molecule has 0 radical (unpaired) electrons. The van der Waals surface area contributed by atoms with Gasteiger partial charge in [-0.05, 0) is 39.0 Å². The maximum atomic E-state index is 13.0. The molecule has 0 unspecified atom stereocenters. The van der Waals surface area contributed by atoms with Crippen molar-refractivity contribution in [2.45, 2.75) is 32.9 Å². The first-order valence-electron chi connectivity index (χ1n) is 9.43. The third-order valence-corrected chi connectivity index (χ3v) is 4.87. The lowest BCUT2D eigenvalue weighted by atomic mass is 10.1. The quantitative estimate of drug-likeness (QED) is 0.695. The molecule has 1 aliphatic heterocycles. The SMILES string of the molecule is Cc1nc2c(cnn2C(C)C)cc1C(=O)N(C)C[C@H]1COc2ccccc2O1. The Morgan fingerprint density at radius 3 is 2.82 bits per heavy atom. The number of carbonyl (C=O) groups excluding carboxylic acids is 1. The summed E-state index contributed by atoms with van der Waals surface area (Å²) < 4.78 is 13.6. The van der Waals surface area contributed by atoms with Gasteiger partial charge in [0.15, 0.2) is 23.3 Å². The third-order valence-electron chi connectivity index (χ3n) is 4.87. The average molecular weight is 380 g/mol. The summed E-state index contributed by atoms with van der Waals surface area (Å²) in [6, 6.07) is 9.64. The minimum absolute atomic E-state index is 0.0911. The zero-order chi connectivity index (χ0) is 19.8. The molecule has 1 aliphatic rings. The summed E-state index contributed by atoms with van der Waals surface area (Å²) >= 11 is 0. The van der Waals surface area contributed by atoms with Gasteiger partial charge in [-0.1, -0.05) is 12.1 Å². The van der Waals surface area contributed by atoms with E-state index in [0.29, 0.717) is 30.2 Å². The number of aromatic nitrogens is 3. The van der Waals surface area contributed by atoms with Gasteiger partial charge < -0.3 is 14.4 Å². The van der Waals surface area contributed by atoms with Crippen molar-refractivity contribution in [3.05, 3.63) is 47.8 Å². The van der Waals surface area contributed by atoms with E-state index in [4.69, 9.17) is 9.47 Å². The van der Waals surface area contributed by atoms with Gasteiger partial charge in [0.2, 0.25) is 0 Å². The molecular weight excluding hydrogens is 356 g/mol. The Bertz CT molecular complexity index is 1030. The molecule has 4 rings (SSSR count). The van der Waals surface area contributed by atoms with Gasteiger partial charge in [0.25, 0.3) is 5.91 Å². The summed E-state index contributed by atoms with van der Waals surface area (Å²) in [5.74, 6) is 1.35. The topological polar surface area (TPSA) is 69.5 Å². The first-order valence-corrected chi connectivity index (χ1v) is 9.43. The highest BCUT2D eigenvalue weighted by Crippen LogP contribution is 2.31. The zero-order valence-electron chi connectivity index (χ0n) is 16.5. The first-order chi connectivity index (χ1) is 13.4. The summed E-state index contributed by atoms with van der Waals surface area (Å²) in [5, 5.41) is 5.25. The second kappa shape index (κ2) is 7.14. The third kappa shape index (κ3) is 3.28. The van der Waals surface area contributed by atoms with Gasteiger partial charge in [0, 0.05) is 18.5 Å². The van der Waals surface area contributed by atoms with Gasteiger partial charge >= 0.3 is 0 Å². The molecule has 2 aromatic heterocycles. The van der Waals surface area contributed by atoms with E-state index in [1.807, 2.05) is 41.9 Å². The number of pyridine rings is 1. The maximum Gasteiger partial charge on any atom is 0.255 e. The fourth-order valence-electron chi connectivity index (χ4n) is 3.41. The molecule has 0 fully saturated rings. The number of amides is 1. The van der Waals surface area contributed by atoms with Crippen LogP contribution >= 0.6 is 0 Å². The second-order valence-electron chi connectivity index (χ2n) is 7.40. The molecule has 0 bridgehead atoms. The Hall–Kier alpha value is -3.09. The number of nitrogens with zero attached hydrogens (tertiary/aromatic N) is 4. The average Bonchev–Trinajstić information content (AvgIpc) is 3.09. The highest BCUT2D eigenvalue weighted by Gasteiger charge is 2.25. The molecule has 146 valence electrons. The van der Waals surface area contributed by atoms with Crippen molar-refractivity contribution in [3.63, 3.8) is 0 Å². The number of rotatable bonds is 4. The number of carbonyl (C=O) groups is 1. The van der Waals surface area contributed by atoms with E-state index in [0.717, 1.165) is 16.8 Å².